The van der Waals surface area contributed by atoms with Gasteiger partial charge in [0.05, 0.1) is 5.57 Å². The van der Waals surface area contributed by atoms with Crippen LogP contribution in [0.25, 0.3) is 5.57 Å². The first kappa shape index (κ1) is 16.8. The lowest BCUT2D eigenvalue weighted by molar-refractivity contribution is -0.112. The fraction of sp³-hybridized carbons (Fsp3) is 0.0667. The number of nitriles is 2. The molecule has 0 aliphatic heterocycles. The van der Waals surface area contributed by atoms with Crippen LogP contribution in [0.5, 0.6) is 0 Å². The van der Waals surface area contributed by atoms with Gasteiger partial charge in [-0.1, -0.05) is 30.3 Å². The van der Waals surface area contributed by atoms with E-state index in [0.717, 1.165) is 0 Å². The zero-order valence-corrected chi connectivity index (χ0v) is 11.8. The molecule has 120 valence electrons. The summed E-state index contributed by atoms with van der Waals surface area (Å²) in [4.78, 5) is 17.8. The third-order valence-electron chi connectivity index (χ3n) is 2.83. The number of halogens is 3. The topological polar surface area (TPSA) is 105 Å². The molecule has 24 heavy (non-hydrogen) atoms. The number of allylic oxidation sites excluding steroid dienone is 1. The molecule has 2 rings (SSSR count). The number of anilines is 1. The normalized spacial score (nSPS) is 11.5. The number of alkyl halides is 3. The van der Waals surface area contributed by atoms with E-state index in [1.54, 1.807) is 18.2 Å². The molecular formula is C15H8F3N5O. The molecule has 1 aromatic heterocycles. The summed E-state index contributed by atoms with van der Waals surface area (Å²) in [6, 6.07) is 10.1. The van der Waals surface area contributed by atoms with Gasteiger partial charge in [-0.25, -0.2) is 4.98 Å². The lowest BCUT2D eigenvalue weighted by Crippen LogP contribution is -2.16. The summed E-state index contributed by atoms with van der Waals surface area (Å²) in [5.41, 5.74) is -1.77. The molecule has 1 amide bonds. The van der Waals surface area contributed by atoms with E-state index in [1.807, 2.05) is 0 Å². The molecule has 0 spiro atoms. The molecule has 1 heterocycles. The molecule has 0 radical (unpaired) electrons. The molecule has 0 saturated carbocycles. The SMILES string of the molecule is N#Cc1nc(NC(=O)C=C(c2ccccc2)C(F)(F)F)[nH]c1C#N. The molecule has 0 bridgehead atoms. The van der Waals surface area contributed by atoms with Crippen molar-refractivity contribution in [1.29, 1.82) is 10.5 Å². The van der Waals surface area contributed by atoms with Crippen LogP contribution in [0.15, 0.2) is 36.4 Å². The fourth-order valence-corrected chi connectivity index (χ4v) is 1.82. The van der Waals surface area contributed by atoms with Crippen molar-refractivity contribution >= 4 is 17.4 Å². The van der Waals surface area contributed by atoms with E-state index < -0.39 is 17.7 Å². The summed E-state index contributed by atoms with van der Waals surface area (Å²) in [5, 5.41) is 19.6. The third kappa shape index (κ3) is 3.78. The number of aromatic nitrogens is 2. The summed E-state index contributed by atoms with van der Waals surface area (Å²) in [7, 11) is 0. The first-order valence-electron chi connectivity index (χ1n) is 6.40. The lowest BCUT2D eigenvalue weighted by atomic mass is 10.1. The van der Waals surface area contributed by atoms with E-state index in [4.69, 9.17) is 10.5 Å². The van der Waals surface area contributed by atoms with Crippen LogP contribution >= 0.6 is 0 Å². The quantitative estimate of drug-likeness (QED) is 0.844. The maximum Gasteiger partial charge on any atom is 0.417 e. The first-order chi connectivity index (χ1) is 11.3. The lowest BCUT2D eigenvalue weighted by Gasteiger charge is -2.11. The highest BCUT2D eigenvalue weighted by molar-refractivity contribution is 6.03. The zero-order chi connectivity index (χ0) is 17.7. The first-order valence-corrected chi connectivity index (χ1v) is 6.40. The van der Waals surface area contributed by atoms with Crippen LogP contribution < -0.4 is 5.32 Å². The molecule has 0 aliphatic carbocycles. The number of nitrogens with zero attached hydrogens (tertiary/aromatic N) is 3. The largest absolute Gasteiger partial charge is 0.417 e. The van der Waals surface area contributed by atoms with E-state index >= 15 is 0 Å². The molecule has 6 nitrogen and oxygen atoms in total. The van der Waals surface area contributed by atoms with Crippen molar-refractivity contribution < 1.29 is 18.0 Å². The average molecular weight is 331 g/mol. The number of hydrogen-bond donors (Lipinski definition) is 2. The Bertz CT molecular complexity index is 838. The minimum Gasteiger partial charge on any atom is -0.314 e. The van der Waals surface area contributed by atoms with Gasteiger partial charge in [-0.15, -0.1) is 0 Å². The highest BCUT2D eigenvalue weighted by atomic mass is 19.4. The van der Waals surface area contributed by atoms with Gasteiger partial charge in [-0.2, -0.15) is 23.7 Å². The number of benzene rings is 1. The molecule has 1 aromatic carbocycles. The van der Waals surface area contributed by atoms with E-state index in [-0.39, 0.29) is 22.9 Å². The van der Waals surface area contributed by atoms with Gasteiger partial charge in [-0.3, -0.25) is 10.1 Å². The minimum atomic E-state index is -4.74. The Hall–Kier alpha value is -3.59. The number of nitrogens with one attached hydrogen (secondary N) is 2. The summed E-state index contributed by atoms with van der Waals surface area (Å²) < 4.78 is 39.4. The number of imidazole rings is 1. The van der Waals surface area contributed by atoms with E-state index in [2.05, 4.69) is 15.3 Å². The second kappa shape index (κ2) is 6.67. The van der Waals surface area contributed by atoms with Gasteiger partial charge < -0.3 is 4.98 Å². The van der Waals surface area contributed by atoms with Crippen molar-refractivity contribution in [3.05, 3.63) is 53.4 Å². The molecule has 9 heteroatoms. The molecule has 0 atom stereocenters. The Morgan fingerprint density at radius 2 is 1.88 bits per heavy atom. The smallest absolute Gasteiger partial charge is 0.314 e. The Kier molecular flexibility index (Phi) is 4.66. The van der Waals surface area contributed by atoms with Crippen molar-refractivity contribution in [2.45, 2.75) is 6.18 Å². The highest BCUT2D eigenvalue weighted by Crippen LogP contribution is 2.33. The van der Waals surface area contributed by atoms with Crippen LogP contribution in [0, 0.1) is 22.7 Å². The zero-order valence-electron chi connectivity index (χ0n) is 11.8. The summed E-state index contributed by atoms with van der Waals surface area (Å²) in [6.45, 7) is 0. The number of aromatic amines is 1. The van der Waals surface area contributed by atoms with Crippen molar-refractivity contribution in [2.24, 2.45) is 0 Å². The van der Waals surface area contributed by atoms with Crippen LogP contribution in [0.2, 0.25) is 0 Å². The monoisotopic (exact) mass is 331 g/mol. The summed E-state index contributed by atoms with van der Waals surface area (Å²) in [5.74, 6) is -1.40. The second-order valence-corrected chi connectivity index (χ2v) is 4.44. The van der Waals surface area contributed by atoms with Crippen LogP contribution in [-0.2, 0) is 4.79 Å². The molecule has 0 aliphatic rings. The molecule has 2 N–H and O–H groups in total. The number of rotatable bonds is 3. The summed E-state index contributed by atoms with van der Waals surface area (Å²) in [6.07, 6.45) is -4.35. The van der Waals surface area contributed by atoms with E-state index in [0.29, 0.717) is 6.08 Å². The number of carbonyl (C=O) groups is 1. The average Bonchev–Trinajstić information content (AvgIpc) is 2.94. The van der Waals surface area contributed by atoms with Crippen molar-refractivity contribution in [3.8, 4) is 12.1 Å². The number of H-pyrrole nitrogens is 1. The standard InChI is InChI=1S/C15H8F3N5O/c16-15(17,18)10(9-4-2-1-3-5-9)6-13(24)23-14-21-11(7-19)12(8-20)22-14/h1-6H,(H2,21,22,23,24). The Labute approximate surface area is 133 Å². The number of amides is 1. The minimum absolute atomic E-state index is 0.171. The molecular weight excluding hydrogens is 323 g/mol. The molecule has 0 unspecified atom stereocenters. The van der Waals surface area contributed by atoms with Gasteiger partial charge in [0.15, 0.2) is 11.4 Å². The Morgan fingerprint density at radius 1 is 1.21 bits per heavy atom. The number of hydrogen-bond acceptors (Lipinski definition) is 4. The fourth-order valence-electron chi connectivity index (χ4n) is 1.82. The maximum absolute atomic E-state index is 13.1. The molecule has 2 aromatic rings. The molecule has 0 fully saturated rings. The van der Waals surface area contributed by atoms with E-state index in [1.165, 1.54) is 24.3 Å². The highest BCUT2D eigenvalue weighted by Gasteiger charge is 2.35. The van der Waals surface area contributed by atoms with Crippen LogP contribution in [0.1, 0.15) is 17.0 Å². The summed E-state index contributed by atoms with van der Waals surface area (Å²) >= 11 is 0. The van der Waals surface area contributed by atoms with Gasteiger partial charge in [0.25, 0.3) is 5.91 Å². The maximum atomic E-state index is 13.1. The van der Waals surface area contributed by atoms with Crippen LogP contribution in [-0.4, -0.2) is 22.1 Å². The van der Waals surface area contributed by atoms with Gasteiger partial charge in [0.1, 0.15) is 12.1 Å². The Balaban J connectivity index is 2.31. The predicted octanol–water partition coefficient (Wildman–Crippen LogP) is 2.74. The van der Waals surface area contributed by atoms with Gasteiger partial charge >= 0.3 is 6.18 Å². The van der Waals surface area contributed by atoms with Crippen molar-refractivity contribution in [1.82, 2.24) is 9.97 Å². The van der Waals surface area contributed by atoms with Gasteiger partial charge in [0, 0.05) is 6.08 Å². The van der Waals surface area contributed by atoms with Crippen LogP contribution in [0.4, 0.5) is 19.1 Å². The van der Waals surface area contributed by atoms with Crippen molar-refractivity contribution in [2.75, 3.05) is 5.32 Å². The van der Waals surface area contributed by atoms with E-state index in [9.17, 15) is 18.0 Å². The second-order valence-electron chi connectivity index (χ2n) is 4.44. The number of carbonyl (C=O) groups excluding carboxylic acids is 1. The Morgan fingerprint density at radius 3 is 2.38 bits per heavy atom. The van der Waals surface area contributed by atoms with Gasteiger partial charge in [-0.05, 0) is 5.56 Å². The predicted molar refractivity (Wildman–Crippen MR) is 77.1 cm³/mol. The third-order valence-corrected chi connectivity index (χ3v) is 2.83. The van der Waals surface area contributed by atoms with Crippen molar-refractivity contribution in [3.63, 3.8) is 0 Å². The van der Waals surface area contributed by atoms with Gasteiger partial charge in [0.2, 0.25) is 5.95 Å². The van der Waals surface area contributed by atoms with Crippen LogP contribution in [0.3, 0.4) is 0 Å². The molecule has 0 saturated heterocycles.